The van der Waals surface area contributed by atoms with Gasteiger partial charge in [-0.1, -0.05) is 18.6 Å². The van der Waals surface area contributed by atoms with Crippen LogP contribution >= 0.6 is 0 Å². The van der Waals surface area contributed by atoms with Crippen molar-refractivity contribution < 1.29 is 9.53 Å². The molecule has 0 spiro atoms. The summed E-state index contributed by atoms with van der Waals surface area (Å²) in [4.78, 5) is 15.7. The molecule has 0 aromatic carbocycles. The fourth-order valence-electron chi connectivity index (χ4n) is 2.36. The molecule has 4 heteroatoms. The van der Waals surface area contributed by atoms with Crippen LogP contribution in [0.1, 0.15) is 12.8 Å². The number of ether oxygens (including phenoxy) is 1. The van der Waals surface area contributed by atoms with Gasteiger partial charge >= 0.3 is 6.09 Å². The topological polar surface area (TPSA) is 32.8 Å². The van der Waals surface area contributed by atoms with Crippen molar-refractivity contribution in [3.8, 4) is 12.3 Å². The quantitative estimate of drug-likeness (QED) is 0.556. The molecule has 0 radical (unpaired) electrons. The lowest BCUT2D eigenvalue weighted by molar-refractivity contribution is 0.0741. The first-order valence-electron chi connectivity index (χ1n) is 6.49. The number of nitrogens with zero attached hydrogens (tertiary/aromatic N) is 2. The van der Waals surface area contributed by atoms with Gasteiger partial charge in [-0.15, -0.1) is 6.42 Å². The van der Waals surface area contributed by atoms with Gasteiger partial charge in [0.2, 0.25) is 0 Å². The predicted octanol–water partition coefficient (Wildman–Crippen LogP) is 1.34. The van der Waals surface area contributed by atoms with Crippen molar-refractivity contribution in [1.29, 1.82) is 0 Å². The summed E-state index contributed by atoms with van der Waals surface area (Å²) in [5, 5.41) is 0. The molecule has 0 aromatic heterocycles. The third-order valence-corrected chi connectivity index (χ3v) is 3.53. The molecular weight excluding hydrogens is 228 g/mol. The number of terminal acetylenes is 1. The Morgan fingerprint density at radius 3 is 2.61 bits per heavy atom. The number of hydrogen-bond acceptors (Lipinski definition) is 3. The maximum Gasteiger partial charge on any atom is 0.410 e. The van der Waals surface area contributed by atoms with Crippen molar-refractivity contribution in [1.82, 2.24) is 9.80 Å². The van der Waals surface area contributed by atoms with E-state index in [1.807, 2.05) is 0 Å². The predicted molar refractivity (Wildman–Crippen MR) is 70.0 cm³/mol. The molecule has 0 bridgehead atoms. The highest BCUT2D eigenvalue weighted by Crippen LogP contribution is 2.35. The molecular formula is C14H20N2O2. The van der Waals surface area contributed by atoms with Gasteiger partial charge < -0.3 is 9.64 Å². The van der Waals surface area contributed by atoms with Crippen molar-refractivity contribution in [2.75, 3.05) is 32.8 Å². The number of hydrogen-bond donors (Lipinski definition) is 0. The summed E-state index contributed by atoms with van der Waals surface area (Å²) in [6, 6.07) is 0.261. The van der Waals surface area contributed by atoms with Crippen LogP contribution in [0.25, 0.3) is 0 Å². The highest BCUT2D eigenvalue weighted by molar-refractivity contribution is 5.67. The minimum Gasteiger partial charge on any atom is -0.445 e. The molecule has 2 rings (SSSR count). The third-order valence-electron chi connectivity index (χ3n) is 3.53. The van der Waals surface area contributed by atoms with Crippen LogP contribution < -0.4 is 0 Å². The van der Waals surface area contributed by atoms with Crippen LogP contribution in [0.2, 0.25) is 0 Å². The second-order valence-corrected chi connectivity index (χ2v) is 4.84. The van der Waals surface area contributed by atoms with Crippen molar-refractivity contribution in [3.05, 3.63) is 12.7 Å². The van der Waals surface area contributed by atoms with Crippen molar-refractivity contribution >= 4 is 6.09 Å². The standard InChI is InChI=1S/C14H20N2O2/c1-3-11-18-14(17)16-9-7-15(8-10-16)13(4-2)12-5-6-12/h2-3,12-13H,1,5-11H2. The van der Waals surface area contributed by atoms with Crippen LogP contribution in [-0.2, 0) is 4.74 Å². The van der Waals surface area contributed by atoms with E-state index >= 15 is 0 Å². The van der Waals surface area contributed by atoms with E-state index in [9.17, 15) is 4.79 Å². The third kappa shape index (κ3) is 3.05. The fraction of sp³-hybridized carbons (Fsp3) is 0.643. The van der Waals surface area contributed by atoms with E-state index in [0.717, 1.165) is 13.1 Å². The number of rotatable bonds is 4. The largest absolute Gasteiger partial charge is 0.445 e. The summed E-state index contributed by atoms with van der Waals surface area (Å²) in [5.74, 6) is 3.57. The second kappa shape index (κ2) is 5.92. The van der Waals surface area contributed by atoms with Gasteiger partial charge in [-0.3, -0.25) is 4.90 Å². The highest BCUT2D eigenvalue weighted by Gasteiger charge is 2.35. The molecule has 18 heavy (non-hydrogen) atoms. The Morgan fingerprint density at radius 2 is 2.11 bits per heavy atom. The van der Waals surface area contributed by atoms with Gasteiger partial charge in [0.15, 0.2) is 0 Å². The maximum absolute atomic E-state index is 11.6. The molecule has 4 nitrogen and oxygen atoms in total. The zero-order valence-corrected chi connectivity index (χ0v) is 10.7. The summed E-state index contributed by atoms with van der Waals surface area (Å²) in [6.45, 7) is 6.87. The lowest BCUT2D eigenvalue weighted by Crippen LogP contribution is -2.52. The fourth-order valence-corrected chi connectivity index (χ4v) is 2.36. The monoisotopic (exact) mass is 248 g/mol. The molecule has 1 unspecified atom stereocenters. The maximum atomic E-state index is 11.6. The number of carbonyl (C=O) groups excluding carboxylic acids is 1. The number of amides is 1. The summed E-state index contributed by atoms with van der Waals surface area (Å²) >= 11 is 0. The molecule has 1 heterocycles. The zero-order chi connectivity index (χ0) is 13.0. The van der Waals surface area contributed by atoms with Crippen LogP contribution in [0.5, 0.6) is 0 Å². The van der Waals surface area contributed by atoms with Gasteiger partial charge in [0.05, 0.1) is 6.04 Å². The lowest BCUT2D eigenvalue weighted by atomic mass is 10.1. The Bertz CT molecular complexity index is 349. The molecule has 1 atom stereocenters. The van der Waals surface area contributed by atoms with E-state index in [2.05, 4.69) is 17.4 Å². The summed E-state index contributed by atoms with van der Waals surface area (Å²) in [5.41, 5.74) is 0. The first kappa shape index (κ1) is 13.0. The molecule has 1 saturated carbocycles. The van der Waals surface area contributed by atoms with Gasteiger partial charge in [0.25, 0.3) is 0 Å². The Hall–Kier alpha value is -1.47. The van der Waals surface area contributed by atoms with Crippen molar-refractivity contribution in [2.24, 2.45) is 5.92 Å². The Balaban J connectivity index is 1.78. The Morgan fingerprint density at radius 1 is 1.44 bits per heavy atom. The van der Waals surface area contributed by atoms with E-state index in [4.69, 9.17) is 11.2 Å². The number of piperazine rings is 1. The van der Waals surface area contributed by atoms with Gasteiger partial charge in [0.1, 0.15) is 6.61 Å². The van der Waals surface area contributed by atoms with Gasteiger partial charge in [-0.05, 0) is 18.8 Å². The lowest BCUT2D eigenvalue weighted by Gasteiger charge is -2.37. The van der Waals surface area contributed by atoms with E-state index in [1.165, 1.54) is 12.8 Å². The van der Waals surface area contributed by atoms with Crippen LogP contribution in [0.4, 0.5) is 4.79 Å². The molecule has 2 fully saturated rings. The van der Waals surface area contributed by atoms with Gasteiger partial charge in [-0.25, -0.2) is 4.79 Å². The van der Waals surface area contributed by atoms with Crippen LogP contribution in [0, 0.1) is 18.3 Å². The second-order valence-electron chi connectivity index (χ2n) is 4.84. The molecule has 1 amide bonds. The first-order chi connectivity index (χ1) is 8.76. The smallest absolute Gasteiger partial charge is 0.410 e. The summed E-state index contributed by atoms with van der Waals surface area (Å²) < 4.78 is 5.02. The van der Waals surface area contributed by atoms with E-state index in [0.29, 0.717) is 19.0 Å². The van der Waals surface area contributed by atoms with E-state index in [1.54, 1.807) is 11.0 Å². The van der Waals surface area contributed by atoms with Crippen molar-refractivity contribution in [2.45, 2.75) is 18.9 Å². The first-order valence-corrected chi connectivity index (χ1v) is 6.49. The zero-order valence-electron chi connectivity index (χ0n) is 10.7. The Labute approximate surface area is 109 Å². The molecule has 1 aliphatic heterocycles. The summed E-state index contributed by atoms with van der Waals surface area (Å²) in [7, 11) is 0. The molecule has 1 aliphatic carbocycles. The average molecular weight is 248 g/mol. The number of carbonyl (C=O) groups is 1. The molecule has 1 saturated heterocycles. The normalized spacial score (nSPS) is 22.1. The van der Waals surface area contributed by atoms with Gasteiger partial charge in [0, 0.05) is 26.2 Å². The average Bonchev–Trinajstić information content (AvgIpc) is 3.22. The highest BCUT2D eigenvalue weighted by atomic mass is 16.6. The van der Waals surface area contributed by atoms with Crippen LogP contribution in [0.15, 0.2) is 12.7 Å². The summed E-state index contributed by atoms with van der Waals surface area (Å²) in [6.07, 6.45) is 9.42. The minimum atomic E-state index is -0.252. The van der Waals surface area contributed by atoms with E-state index in [-0.39, 0.29) is 18.7 Å². The molecule has 0 N–H and O–H groups in total. The van der Waals surface area contributed by atoms with Crippen LogP contribution in [-0.4, -0.2) is 54.7 Å². The molecule has 2 aliphatic rings. The minimum absolute atomic E-state index is 0.252. The van der Waals surface area contributed by atoms with E-state index < -0.39 is 0 Å². The van der Waals surface area contributed by atoms with Crippen molar-refractivity contribution in [3.63, 3.8) is 0 Å². The molecule has 0 aromatic rings. The Kier molecular flexibility index (Phi) is 4.27. The van der Waals surface area contributed by atoms with Crippen LogP contribution in [0.3, 0.4) is 0 Å². The SMILES string of the molecule is C#CC(C1CC1)N1CCN(C(=O)OCC=C)CC1. The molecule has 98 valence electrons. The van der Waals surface area contributed by atoms with Gasteiger partial charge in [-0.2, -0.15) is 0 Å².